The molecule has 0 aliphatic carbocycles. The van der Waals surface area contributed by atoms with Crippen LogP contribution in [0.1, 0.15) is 32.3 Å². The highest BCUT2D eigenvalue weighted by molar-refractivity contribution is 7.92. The number of nitrogens with one attached hydrogen (secondary N) is 1. The molecule has 0 unspecified atom stereocenters. The van der Waals surface area contributed by atoms with Gasteiger partial charge in [0.1, 0.15) is 11.5 Å². The molecule has 1 N–H and O–H groups in total. The van der Waals surface area contributed by atoms with Gasteiger partial charge in [-0.2, -0.15) is 0 Å². The molecule has 0 saturated heterocycles. The molecule has 1 amide bonds. The lowest BCUT2D eigenvalue weighted by molar-refractivity contribution is -0.121. The summed E-state index contributed by atoms with van der Waals surface area (Å²) in [6.07, 6.45) is 1.89. The quantitative estimate of drug-likeness (QED) is 0.586. The SMILES string of the molecule is COc1cccc(N(CCCC(=O)NCc2ccc(OC(C)C)cc2)S(C)(=O)=O)c1. The lowest BCUT2D eigenvalue weighted by Gasteiger charge is -2.22. The molecular formula is C22H30N2O5S. The van der Waals surface area contributed by atoms with E-state index in [-0.39, 0.29) is 25.0 Å². The van der Waals surface area contributed by atoms with Gasteiger partial charge in [-0.25, -0.2) is 8.42 Å². The molecule has 0 atom stereocenters. The Morgan fingerprint density at radius 1 is 1.10 bits per heavy atom. The van der Waals surface area contributed by atoms with Gasteiger partial charge in [0, 0.05) is 25.6 Å². The molecule has 0 aliphatic heterocycles. The number of rotatable bonds is 11. The van der Waals surface area contributed by atoms with Crippen LogP contribution in [0.5, 0.6) is 11.5 Å². The standard InChI is InChI=1S/C22H30N2O5S/c1-17(2)29-20-12-10-18(11-13-20)16-23-22(25)9-6-14-24(30(4,26)27)19-7-5-8-21(15-19)28-3/h5,7-8,10-13,15,17H,6,9,14,16H2,1-4H3,(H,23,25). The first-order valence-corrected chi connectivity index (χ1v) is 11.7. The minimum atomic E-state index is -3.47. The van der Waals surface area contributed by atoms with Crippen LogP contribution in [0.25, 0.3) is 0 Å². The van der Waals surface area contributed by atoms with E-state index in [0.29, 0.717) is 24.4 Å². The van der Waals surface area contributed by atoms with Gasteiger partial charge in [0.05, 0.1) is 25.2 Å². The largest absolute Gasteiger partial charge is 0.497 e. The average molecular weight is 435 g/mol. The van der Waals surface area contributed by atoms with Crippen LogP contribution in [0.3, 0.4) is 0 Å². The number of ether oxygens (including phenoxy) is 2. The molecule has 2 aromatic rings. The number of sulfonamides is 1. The van der Waals surface area contributed by atoms with Crippen molar-refractivity contribution in [3.63, 3.8) is 0 Å². The Kier molecular flexibility index (Phi) is 8.53. The molecule has 7 nitrogen and oxygen atoms in total. The molecule has 8 heteroatoms. The van der Waals surface area contributed by atoms with E-state index in [0.717, 1.165) is 17.6 Å². The van der Waals surface area contributed by atoms with Gasteiger partial charge in [-0.1, -0.05) is 18.2 Å². The Bertz CT molecular complexity index is 927. The van der Waals surface area contributed by atoms with Gasteiger partial charge in [-0.15, -0.1) is 0 Å². The number of anilines is 1. The summed E-state index contributed by atoms with van der Waals surface area (Å²) in [5, 5.41) is 2.86. The zero-order chi connectivity index (χ0) is 22.1. The molecular weight excluding hydrogens is 404 g/mol. The van der Waals surface area contributed by atoms with Gasteiger partial charge in [-0.05, 0) is 50.1 Å². The van der Waals surface area contributed by atoms with Crippen molar-refractivity contribution in [2.75, 3.05) is 24.2 Å². The third-order valence-electron chi connectivity index (χ3n) is 4.29. The number of carbonyl (C=O) groups is 1. The van der Waals surface area contributed by atoms with E-state index < -0.39 is 10.0 Å². The molecule has 30 heavy (non-hydrogen) atoms. The predicted octanol–water partition coefficient (Wildman–Crippen LogP) is 3.35. The lowest BCUT2D eigenvalue weighted by atomic mass is 10.2. The van der Waals surface area contributed by atoms with E-state index in [4.69, 9.17) is 9.47 Å². The minimum absolute atomic E-state index is 0.110. The first-order valence-electron chi connectivity index (χ1n) is 9.83. The van der Waals surface area contributed by atoms with Crippen molar-refractivity contribution < 1.29 is 22.7 Å². The van der Waals surface area contributed by atoms with Crippen molar-refractivity contribution in [3.05, 3.63) is 54.1 Å². The normalized spacial score (nSPS) is 11.2. The summed E-state index contributed by atoms with van der Waals surface area (Å²) in [5.41, 5.74) is 1.48. The second-order valence-electron chi connectivity index (χ2n) is 7.23. The third kappa shape index (κ3) is 7.59. The molecule has 2 aromatic carbocycles. The highest BCUT2D eigenvalue weighted by atomic mass is 32.2. The fourth-order valence-electron chi connectivity index (χ4n) is 2.88. The summed E-state index contributed by atoms with van der Waals surface area (Å²) in [4.78, 5) is 12.2. The fourth-order valence-corrected chi connectivity index (χ4v) is 3.84. The molecule has 0 fully saturated rings. The summed E-state index contributed by atoms with van der Waals surface area (Å²) in [7, 11) is -1.95. The summed E-state index contributed by atoms with van der Waals surface area (Å²) >= 11 is 0. The van der Waals surface area contributed by atoms with Gasteiger partial charge in [0.25, 0.3) is 0 Å². The number of hydrogen-bond acceptors (Lipinski definition) is 5. The van der Waals surface area contributed by atoms with Crippen LogP contribution >= 0.6 is 0 Å². The Morgan fingerprint density at radius 2 is 1.80 bits per heavy atom. The number of nitrogens with zero attached hydrogens (tertiary/aromatic N) is 1. The maximum absolute atomic E-state index is 12.2. The number of hydrogen-bond donors (Lipinski definition) is 1. The lowest BCUT2D eigenvalue weighted by Crippen LogP contribution is -2.32. The van der Waals surface area contributed by atoms with Crippen molar-refractivity contribution >= 4 is 21.6 Å². The Labute approximate surface area is 179 Å². The summed E-state index contributed by atoms with van der Waals surface area (Å²) in [5.74, 6) is 1.23. The second-order valence-corrected chi connectivity index (χ2v) is 9.13. The van der Waals surface area contributed by atoms with E-state index >= 15 is 0 Å². The monoisotopic (exact) mass is 434 g/mol. The number of benzene rings is 2. The second kappa shape index (κ2) is 10.9. The molecule has 0 aromatic heterocycles. The Morgan fingerprint density at radius 3 is 2.40 bits per heavy atom. The number of carbonyl (C=O) groups excluding carboxylic acids is 1. The minimum Gasteiger partial charge on any atom is -0.497 e. The number of amides is 1. The third-order valence-corrected chi connectivity index (χ3v) is 5.49. The summed E-state index contributed by atoms with van der Waals surface area (Å²) < 4.78 is 36.4. The molecule has 164 valence electrons. The fraction of sp³-hybridized carbons (Fsp3) is 0.409. The molecule has 0 aliphatic rings. The van der Waals surface area contributed by atoms with E-state index in [1.807, 2.05) is 38.1 Å². The smallest absolute Gasteiger partial charge is 0.232 e. The Hall–Kier alpha value is -2.74. The first-order chi connectivity index (χ1) is 14.2. The van der Waals surface area contributed by atoms with Crippen LogP contribution in [0.4, 0.5) is 5.69 Å². The zero-order valence-corrected chi connectivity index (χ0v) is 18.7. The first kappa shape index (κ1) is 23.5. The van der Waals surface area contributed by atoms with Crippen LogP contribution in [0.2, 0.25) is 0 Å². The highest BCUT2D eigenvalue weighted by Crippen LogP contribution is 2.23. The van der Waals surface area contributed by atoms with Gasteiger partial charge < -0.3 is 14.8 Å². The van der Waals surface area contributed by atoms with Crippen LogP contribution in [-0.2, 0) is 21.4 Å². The van der Waals surface area contributed by atoms with E-state index in [1.54, 1.807) is 24.3 Å². The van der Waals surface area contributed by atoms with Crippen LogP contribution in [-0.4, -0.2) is 40.3 Å². The highest BCUT2D eigenvalue weighted by Gasteiger charge is 2.18. The predicted molar refractivity (Wildman–Crippen MR) is 118 cm³/mol. The van der Waals surface area contributed by atoms with Crippen LogP contribution in [0, 0.1) is 0 Å². The summed E-state index contributed by atoms with van der Waals surface area (Å²) in [6.45, 7) is 4.55. The van der Waals surface area contributed by atoms with Crippen molar-refractivity contribution in [1.29, 1.82) is 0 Å². The Balaban J connectivity index is 1.85. The van der Waals surface area contributed by atoms with Crippen molar-refractivity contribution in [3.8, 4) is 11.5 Å². The van der Waals surface area contributed by atoms with Gasteiger partial charge in [0.2, 0.25) is 15.9 Å². The van der Waals surface area contributed by atoms with E-state index in [9.17, 15) is 13.2 Å². The molecule has 0 radical (unpaired) electrons. The van der Waals surface area contributed by atoms with Gasteiger partial charge >= 0.3 is 0 Å². The number of methoxy groups -OCH3 is 1. The summed E-state index contributed by atoms with van der Waals surface area (Å²) in [6, 6.07) is 14.4. The molecule has 0 saturated carbocycles. The van der Waals surface area contributed by atoms with Crippen molar-refractivity contribution in [2.24, 2.45) is 0 Å². The maximum atomic E-state index is 12.2. The van der Waals surface area contributed by atoms with E-state index in [1.165, 1.54) is 11.4 Å². The molecule has 2 rings (SSSR count). The molecule has 0 spiro atoms. The van der Waals surface area contributed by atoms with Crippen molar-refractivity contribution in [1.82, 2.24) is 5.32 Å². The van der Waals surface area contributed by atoms with Crippen molar-refractivity contribution in [2.45, 2.75) is 39.3 Å². The van der Waals surface area contributed by atoms with Gasteiger partial charge in [-0.3, -0.25) is 9.10 Å². The van der Waals surface area contributed by atoms with E-state index in [2.05, 4.69) is 5.32 Å². The van der Waals surface area contributed by atoms with Crippen LogP contribution in [0.15, 0.2) is 48.5 Å². The van der Waals surface area contributed by atoms with Crippen LogP contribution < -0.4 is 19.1 Å². The zero-order valence-electron chi connectivity index (χ0n) is 17.9. The maximum Gasteiger partial charge on any atom is 0.232 e. The molecule has 0 bridgehead atoms. The topological polar surface area (TPSA) is 84.9 Å². The average Bonchev–Trinajstić information content (AvgIpc) is 2.69. The molecule has 0 heterocycles. The van der Waals surface area contributed by atoms with Gasteiger partial charge in [0.15, 0.2) is 0 Å².